The van der Waals surface area contributed by atoms with E-state index in [4.69, 9.17) is 0 Å². The molecule has 2 heterocycles. The van der Waals surface area contributed by atoms with Gasteiger partial charge in [0.2, 0.25) is 0 Å². The quantitative estimate of drug-likeness (QED) is 0.623. The Morgan fingerprint density at radius 2 is 2.03 bits per heavy atom. The highest BCUT2D eigenvalue weighted by Crippen LogP contribution is 2.26. The molecule has 1 amide bonds. The third-order valence-corrected chi connectivity index (χ3v) is 6.86. The maximum absolute atomic E-state index is 12.6. The topological polar surface area (TPSA) is 82.2 Å². The molecule has 0 atom stereocenters. The largest absolute Gasteiger partial charge is 0.393 e. The van der Waals surface area contributed by atoms with Crippen molar-refractivity contribution >= 4 is 17.2 Å². The van der Waals surface area contributed by atoms with E-state index in [1.54, 1.807) is 11.3 Å². The highest BCUT2D eigenvalue weighted by atomic mass is 32.1. The zero-order valence-corrected chi connectivity index (χ0v) is 18.2. The summed E-state index contributed by atoms with van der Waals surface area (Å²) in [7, 11) is 0. The zero-order valence-electron chi connectivity index (χ0n) is 17.4. The van der Waals surface area contributed by atoms with E-state index in [9.17, 15) is 14.7 Å². The second-order valence-electron chi connectivity index (χ2n) is 7.96. The van der Waals surface area contributed by atoms with Gasteiger partial charge in [0.15, 0.2) is 0 Å². The van der Waals surface area contributed by atoms with Crippen LogP contribution >= 0.6 is 11.3 Å². The van der Waals surface area contributed by atoms with Crippen LogP contribution in [0.4, 0.5) is 0 Å². The monoisotopic (exact) mass is 414 g/mol. The van der Waals surface area contributed by atoms with Crippen LogP contribution in [0, 0.1) is 20.8 Å². The maximum Gasteiger partial charge on any atom is 0.253 e. The van der Waals surface area contributed by atoms with Gasteiger partial charge in [-0.2, -0.15) is 0 Å². The number of aryl methyl sites for hydroxylation is 3. The summed E-state index contributed by atoms with van der Waals surface area (Å²) in [6.07, 6.45) is 7.79. The van der Waals surface area contributed by atoms with Gasteiger partial charge < -0.3 is 15.4 Å². The SMILES string of the molecule is Cc1cc(C)c(CNC(=O)c2csc(CCC=C3CCC(O)CC3)c2C)c(=O)[nH]1. The van der Waals surface area contributed by atoms with Crippen LogP contribution in [0.5, 0.6) is 0 Å². The van der Waals surface area contributed by atoms with Crippen molar-refractivity contribution in [3.63, 3.8) is 0 Å². The molecular weight excluding hydrogens is 384 g/mol. The molecule has 2 aromatic heterocycles. The number of aliphatic hydroxyl groups is 1. The molecule has 3 N–H and O–H groups in total. The molecule has 3 rings (SSSR count). The van der Waals surface area contributed by atoms with Crippen molar-refractivity contribution in [1.82, 2.24) is 10.3 Å². The number of aromatic amines is 1. The van der Waals surface area contributed by atoms with Gasteiger partial charge in [0.1, 0.15) is 0 Å². The molecule has 156 valence electrons. The van der Waals surface area contributed by atoms with Crippen molar-refractivity contribution in [2.45, 2.75) is 71.9 Å². The Balaban J connectivity index is 1.58. The number of amides is 1. The summed E-state index contributed by atoms with van der Waals surface area (Å²) >= 11 is 1.62. The first-order chi connectivity index (χ1) is 13.8. The van der Waals surface area contributed by atoms with Gasteiger partial charge in [0.25, 0.3) is 11.5 Å². The normalized spacial score (nSPS) is 16.7. The third kappa shape index (κ3) is 5.46. The smallest absolute Gasteiger partial charge is 0.253 e. The molecule has 1 fully saturated rings. The molecule has 1 aliphatic carbocycles. The lowest BCUT2D eigenvalue weighted by Gasteiger charge is -2.19. The molecule has 29 heavy (non-hydrogen) atoms. The number of carbonyl (C=O) groups is 1. The minimum absolute atomic E-state index is 0.132. The average molecular weight is 415 g/mol. The maximum atomic E-state index is 12.6. The lowest BCUT2D eigenvalue weighted by molar-refractivity contribution is 0.0950. The van der Waals surface area contributed by atoms with Crippen molar-refractivity contribution in [3.05, 3.63) is 66.3 Å². The van der Waals surface area contributed by atoms with Gasteiger partial charge in [-0.05, 0) is 76.5 Å². The molecule has 0 spiro atoms. The van der Waals surface area contributed by atoms with Crippen molar-refractivity contribution in [2.75, 3.05) is 0 Å². The Morgan fingerprint density at radius 3 is 2.72 bits per heavy atom. The van der Waals surface area contributed by atoms with Crippen LogP contribution in [0.25, 0.3) is 0 Å². The average Bonchev–Trinajstić information content (AvgIpc) is 3.03. The first-order valence-corrected chi connectivity index (χ1v) is 11.1. The molecule has 0 unspecified atom stereocenters. The minimum Gasteiger partial charge on any atom is -0.393 e. The molecule has 5 nitrogen and oxygen atoms in total. The number of nitrogens with one attached hydrogen (secondary N) is 2. The highest BCUT2D eigenvalue weighted by molar-refractivity contribution is 7.10. The summed E-state index contributed by atoms with van der Waals surface area (Å²) in [5.74, 6) is -0.135. The summed E-state index contributed by atoms with van der Waals surface area (Å²) in [6, 6.07) is 1.92. The van der Waals surface area contributed by atoms with Crippen LogP contribution in [0.1, 0.15) is 69.7 Å². The summed E-state index contributed by atoms with van der Waals surface area (Å²) in [6.45, 7) is 5.96. The number of rotatable bonds is 6. The van der Waals surface area contributed by atoms with Crippen LogP contribution in [0.15, 0.2) is 27.9 Å². The summed E-state index contributed by atoms with van der Waals surface area (Å²) in [5.41, 5.74) is 5.33. The Labute approximate surface area is 175 Å². The summed E-state index contributed by atoms with van der Waals surface area (Å²) in [4.78, 5) is 28.8. The van der Waals surface area contributed by atoms with Gasteiger partial charge in [-0.15, -0.1) is 11.3 Å². The Morgan fingerprint density at radius 1 is 1.31 bits per heavy atom. The molecule has 1 aliphatic rings. The summed E-state index contributed by atoms with van der Waals surface area (Å²) in [5, 5.41) is 14.4. The van der Waals surface area contributed by atoms with Gasteiger partial charge in [-0.25, -0.2) is 0 Å². The van der Waals surface area contributed by atoms with E-state index in [0.29, 0.717) is 11.1 Å². The van der Waals surface area contributed by atoms with Crippen molar-refractivity contribution in [1.29, 1.82) is 0 Å². The zero-order chi connectivity index (χ0) is 21.0. The van der Waals surface area contributed by atoms with Gasteiger partial charge in [-0.1, -0.05) is 11.6 Å². The molecule has 0 aliphatic heterocycles. The second kappa shape index (κ2) is 9.55. The first kappa shape index (κ1) is 21.5. The van der Waals surface area contributed by atoms with E-state index < -0.39 is 0 Å². The molecule has 2 aromatic rings. The Hall–Kier alpha value is -2.18. The number of H-pyrrole nitrogens is 1. The molecule has 0 aromatic carbocycles. The Bertz CT molecular complexity index is 961. The number of aliphatic hydroxyl groups excluding tert-OH is 1. The molecule has 0 saturated heterocycles. The van der Waals surface area contributed by atoms with Gasteiger partial charge in [-0.3, -0.25) is 9.59 Å². The lowest BCUT2D eigenvalue weighted by atomic mass is 9.92. The van der Waals surface area contributed by atoms with Crippen LogP contribution in [-0.2, 0) is 13.0 Å². The third-order valence-electron chi connectivity index (χ3n) is 5.71. The van der Waals surface area contributed by atoms with Crippen LogP contribution in [-0.4, -0.2) is 22.1 Å². The van der Waals surface area contributed by atoms with E-state index in [-0.39, 0.29) is 24.1 Å². The van der Waals surface area contributed by atoms with Crippen LogP contribution in [0.2, 0.25) is 0 Å². The number of thiophene rings is 1. The number of pyridine rings is 1. The number of allylic oxidation sites excluding steroid dienone is 2. The van der Waals surface area contributed by atoms with E-state index in [1.807, 2.05) is 32.2 Å². The number of aromatic nitrogens is 1. The Kier molecular flexibility index (Phi) is 7.09. The number of hydrogen-bond donors (Lipinski definition) is 3. The number of hydrogen-bond acceptors (Lipinski definition) is 4. The van der Waals surface area contributed by atoms with Gasteiger partial charge in [0.05, 0.1) is 11.7 Å². The predicted molar refractivity (Wildman–Crippen MR) is 118 cm³/mol. The molecule has 0 radical (unpaired) electrons. The van der Waals surface area contributed by atoms with Crippen molar-refractivity contribution < 1.29 is 9.90 Å². The van der Waals surface area contributed by atoms with E-state index in [2.05, 4.69) is 16.4 Å². The molecule has 0 bridgehead atoms. The summed E-state index contributed by atoms with van der Waals surface area (Å²) < 4.78 is 0. The first-order valence-electron chi connectivity index (χ1n) is 10.3. The molecule has 1 saturated carbocycles. The van der Waals surface area contributed by atoms with Crippen LogP contribution in [0.3, 0.4) is 0 Å². The lowest BCUT2D eigenvalue weighted by Crippen LogP contribution is -2.28. The fraction of sp³-hybridized carbons (Fsp3) is 0.478. The highest BCUT2D eigenvalue weighted by Gasteiger charge is 2.16. The van der Waals surface area contributed by atoms with Gasteiger partial charge >= 0.3 is 0 Å². The van der Waals surface area contributed by atoms with E-state index >= 15 is 0 Å². The van der Waals surface area contributed by atoms with Crippen LogP contribution < -0.4 is 10.9 Å². The van der Waals surface area contributed by atoms with Crippen molar-refractivity contribution in [3.8, 4) is 0 Å². The number of carbonyl (C=O) groups excluding carboxylic acids is 1. The van der Waals surface area contributed by atoms with Gasteiger partial charge in [0, 0.05) is 28.1 Å². The molecular formula is C23H30N2O3S. The fourth-order valence-corrected chi connectivity index (χ4v) is 4.94. The predicted octanol–water partition coefficient (Wildman–Crippen LogP) is 4.09. The second-order valence-corrected chi connectivity index (χ2v) is 8.92. The van der Waals surface area contributed by atoms with E-state index in [1.165, 1.54) is 10.5 Å². The minimum atomic E-state index is -0.145. The van der Waals surface area contributed by atoms with Crippen molar-refractivity contribution in [2.24, 2.45) is 0 Å². The van der Waals surface area contributed by atoms with E-state index in [0.717, 1.165) is 55.3 Å². The molecule has 6 heteroatoms. The standard InChI is InChI=1S/C23H30N2O3S/c1-14-11-15(2)25-23(28)19(14)12-24-22(27)20-13-29-21(16(20)3)6-4-5-17-7-9-18(26)10-8-17/h5,11,13,18,26H,4,6-10,12H2,1-3H3,(H,24,27)(H,25,28). The fourth-order valence-electron chi connectivity index (χ4n) is 3.88.